The number of nitriles is 1. The second-order valence-electron chi connectivity index (χ2n) is 5.72. The minimum Gasteiger partial charge on any atom is -0.530 e. The Bertz CT molecular complexity index is 561. The topological polar surface area (TPSA) is 76.4 Å². The zero-order valence-corrected chi connectivity index (χ0v) is 12.5. The second-order valence-corrected chi connectivity index (χ2v) is 5.72. The summed E-state index contributed by atoms with van der Waals surface area (Å²) >= 11 is 0. The molecule has 1 aromatic rings. The molecule has 1 aromatic carbocycles. The van der Waals surface area contributed by atoms with E-state index in [1.165, 1.54) is 17.0 Å². The Balaban J connectivity index is 2.83. The van der Waals surface area contributed by atoms with Crippen molar-refractivity contribution in [2.24, 2.45) is 0 Å². The van der Waals surface area contributed by atoms with E-state index in [2.05, 4.69) is 0 Å². The van der Waals surface area contributed by atoms with Crippen molar-refractivity contribution in [2.75, 3.05) is 6.61 Å². The molecule has 5 nitrogen and oxygen atoms in total. The first-order chi connectivity index (χ1) is 9.66. The van der Waals surface area contributed by atoms with Crippen molar-refractivity contribution in [1.82, 2.24) is 4.90 Å². The Morgan fingerprint density at radius 1 is 1.52 bits per heavy atom. The predicted octanol–water partition coefficient (Wildman–Crippen LogP) is 1.91. The smallest absolute Gasteiger partial charge is 0.137 e. The highest BCUT2D eigenvalue weighted by Gasteiger charge is 2.26. The van der Waals surface area contributed by atoms with Gasteiger partial charge in [-0.1, -0.05) is 0 Å². The fraction of sp³-hybridized carbons (Fsp3) is 0.467. The fourth-order valence-corrected chi connectivity index (χ4v) is 2.12. The van der Waals surface area contributed by atoms with E-state index in [0.29, 0.717) is 0 Å². The SMILES string of the molecule is CC(COc1ccc(F)cc1C#N)N(C(=O)[O-])C(C)(C)C. The molecule has 1 unspecified atom stereocenters. The standard InChI is InChI=1S/C15H19FN2O3/c1-10(18(14(19)20)15(2,3)4)9-21-13-6-5-12(16)7-11(13)8-17/h5-7,10H,9H2,1-4H3,(H,19,20)/p-1. The molecule has 114 valence electrons. The van der Waals surface area contributed by atoms with Gasteiger partial charge in [-0.25, -0.2) is 4.39 Å². The summed E-state index contributed by atoms with van der Waals surface area (Å²) < 4.78 is 18.5. The lowest BCUT2D eigenvalue weighted by Crippen LogP contribution is -2.57. The average molecular weight is 293 g/mol. The quantitative estimate of drug-likeness (QED) is 0.849. The minimum absolute atomic E-state index is 0.0333. The predicted molar refractivity (Wildman–Crippen MR) is 73.1 cm³/mol. The number of carbonyl (C=O) groups is 1. The van der Waals surface area contributed by atoms with E-state index < -0.39 is 23.5 Å². The maximum absolute atomic E-state index is 13.0. The first-order valence-corrected chi connectivity index (χ1v) is 6.49. The van der Waals surface area contributed by atoms with Gasteiger partial charge in [-0.15, -0.1) is 0 Å². The van der Waals surface area contributed by atoms with Crippen molar-refractivity contribution in [3.63, 3.8) is 0 Å². The van der Waals surface area contributed by atoms with Crippen molar-refractivity contribution >= 4 is 6.09 Å². The van der Waals surface area contributed by atoms with E-state index >= 15 is 0 Å². The largest absolute Gasteiger partial charge is 0.530 e. The van der Waals surface area contributed by atoms with Crippen LogP contribution in [0.15, 0.2) is 18.2 Å². The van der Waals surface area contributed by atoms with Gasteiger partial charge in [-0.05, 0) is 45.9 Å². The van der Waals surface area contributed by atoms with Crippen LogP contribution in [0, 0.1) is 17.1 Å². The number of nitrogens with zero attached hydrogens (tertiary/aromatic N) is 2. The van der Waals surface area contributed by atoms with Crippen molar-refractivity contribution in [2.45, 2.75) is 39.3 Å². The number of carbonyl (C=O) groups excluding carboxylic acids is 1. The second kappa shape index (κ2) is 6.44. The Morgan fingerprint density at radius 2 is 2.14 bits per heavy atom. The molecule has 0 saturated carbocycles. The Kier molecular flexibility index (Phi) is 5.14. The van der Waals surface area contributed by atoms with Crippen LogP contribution in [0.2, 0.25) is 0 Å². The number of halogens is 1. The highest BCUT2D eigenvalue weighted by Crippen LogP contribution is 2.21. The molecule has 0 radical (unpaired) electrons. The Hall–Kier alpha value is -2.29. The van der Waals surface area contributed by atoms with Gasteiger partial charge < -0.3 is 19.5 Å². The van der Waals surface area contributed by atoms with Crippen molar-refractivity contribution < 1.29 is 19.0 Å². The first kappa shape index (κ1) is 16.8. The van der Waals surface area contributed by atoms with Crippen LogP contribution in [0.25, 0.3) is 0 Å². The van der Waals surface area contributed by atoms with Crippen LogP contribution < -0.4 is 9.84 Å². The van der Waals surface area contributed by atoms with Crippen LogP contribution in [0.3, 0.4) is 0 Å². The normalized spacial score (nSPS) is 12.4. The lowest BCUT2D eigenvalue weighted by molar-refractivity contribution is -0.273. The third-order valence-electron chi connectivity index (χ3n) is 2.90. The molecule has 0 fully saturated rings. The molecular formula is C15H18FN2O3-. The molecule has 0 N–H and O–H groups in total. The van der Waals surface area contributed by atoms with E-state index in [4.69, 9.17) is 10.00 Å². The monoisotopic (exact) mass is 293 g/mol. The lowest BCUT2D eigenvalue weighted by Gasteiger charge is -2.42. The van der Waals surface area contributed by atoms with Crippen LogP contribution in [-0.2, 0) is 0 Å². The third-order valence-corrected chi connectivity index (χ3v) is 2.90. The Morgan fingerprint density at radius 3 is 2.62 bits per heavy atom. The van der Waals surface area contributed by atoms with Gasteiger partial charge in [0.25, 0.3) is 0 Å². The van der Waals surface area contributed by atoms with E-state index in [-0.39, 0.29) is 17.9 Å². The lowest BCUT2D eigenvalue weighted by atomic mass is 10.0. The van der Waals surface area contributed by atoms with Gasteiger partial charge in [0.2, 0.25) is 0 Å². The van der Waals surface area contributed by atoms with Gasteiger partial charge in [0.15, 0.2) is 0 Å². The van der Waals surface area contributed by atoms with E-state index in [1.54, 1.807) is 27.7 Å². The summed E-state index contributed by atoms with van der Waals surface area (Å²) in [5.41, 5.74) is -0.569. The van der Waals surface area contributed by atoms with Gasteiger partial charge in [-0.2, -0.15) is 5.26 Å². The van der Waals surface area contributed by atoms with E-state index in [1.807, 2.05) is 6.07 Å². The summed E-state index contributed by atoms with van der Waals surface area (Å²) in [4.78, 5) is 12.4. The molecular weight excluding hydrogens is 275 g/mol. The number of benzene rings is 1. The van der Waals surface area contributed by atoms with Crippen LogP contribution in [0.1, 0.15) is 33.3 Å². The molecule has 6 heteroatoms. The van der Waals surface area contributed by atoms with E-state index in [0.717, 1.165) is 6.07 Å². The molecule has 1 atom stereocenters. The number of ether oxygens (including phenoxy) is 1. The number of amides is 1. The van der Waals surface area contributed by atoms with Crippen molar-refractivity contribution in [3.8, 4) is 11.8 Å². The van der Waals surface area contributed by atoms with Crippen LogP contribution >= 0.6 is 0 Å². The van der Waals surface area contributed by atoms with Gasteiger partial charge >= 0.3 is 0 Å². The Labute approximate surface area is 123 Å². The van der Waals surface area contributed by atoms with Gasteiger partial charge in [0, 0.05) is 5.54 Å². The van der Waals surface area contributed by atoms with Gasteiger partial charge in [-0.3, -0.25) is 0 Å². The molecule has 0 bridgehead atoms. The molecule has 0 aromatic heterocycles. The van der Waals surface area contributed by atoms with Crippen LogP contribution in [-0.4, -0.2) is 29.2 Å². The maximum Gasteiger partial charge on any atom is 0.137 e. The maximum atomic E-state index is 13.0. The average Bonchev–Trinajstić information content (AvgIpc) is 2.34. The highest BCUT2D eigenvalue weighted by atomic mass is 19.1. The van der Waals surface area contributed by atoms with Crippen LogP contribution in [0.5, 0.6) is 5.75 Å². The molecule has 1 amide bonds. The molecule has 0 aliphatic carbocycles. The third kappa shape index (κ3) is 4.35. The summed E-state index contributed by atoms with van der Waals surface area (Å²) in [5, 5.41) is 20.1. The first-order valence-electron chi connectivity index (χ1n) is 6.49. The minimum atomic E-state index is -1.29. The molecule has 1 rings (SSSR count). The van der Waals surface area contributed by atoms with Crippen molar-refractivity contribution in [3.05, 3.63) is 29.6 Å². The highest BCUT2D eigenvalue weighted by molar-refractivity contribution is 5.64. The molecule has 0 spiro atoms. The van der Waals surface area contributed by atoms with E-state index in [9.17, 15) is 14.3 Å². The number of carboxylic acid groups (broad SMARTS) is 1. The number of hydrogen-bond donors (Lipinski definition) is 0. The zero-order valence-electron chi connectivity index (χ0n) is 12.5. The zero-order chi connectivity index (χ0) is 16.2. The molecule has 0 saturated heterocycles. The summed E-state index contributed by atoms with van der Waals surface area (Å²) in [6.45, 7) is 6.95. The number of hydrogen-bond acceptors (Lipinski definition) is 4. The molecule has 21 heavy (non-hydrogen) atoms. The van der Waals surface area contributed by atoms with Gasteiger partial charge in [0.1, 0.15) is 30.3 Å². The number of rotatable bonds is 4. The summed E-state index contributed by atoms with van der Waals surface area (Å²) in [5.74, 6) is -0.309. The molecule has 0 aliphatic heterocycles. The van der Waals surface area contributed by atoms with Crippen LogP contribution in [0.4, 0.5) is 9.18 Å². The van der Waals surface area contributed by atoms with Gasteiger partial charge in [0.05, 0.1) is 11.6 Å². The fourth-order valence-electron chi connectivity index (χ4n) is 2.12. The summed E-state index contributed by atoms with van der Waals surface area (Å²) in [6, 6.07) is 4.95. The molecule has 0 aliphatic rings. The van der Waals surface area contributed by atoms with Crippen molar-refractivity contribution in [1.29, 1.82) is 5.26 Å². The molecule has 0 heterocycles. The summed E-state index contributed by atoms with van der Waals surface area (Å²) in [7, 11) is 0. The summed E-state index contributed by atoms with van der Waals surface area (Å²) in [6.07, 6.45) is -1.29.